The molecule has 7 atom stereocenters. The van der Waals surface area contributed by atoms with Crippen LogP contribution in [0.25, 0.3) is 0 Å². The van der Waals surface area contributed by atoms with E-state index >= 15 is 0 Å². The zero-order chi connectivity index (χ0) is 19.2. The molecule has 4 rings (SSSR count). The summed E-state index contributed by atoms with van der Waals surface area (Å²) in [6.45, 7) is 7.87. The maximum atomic E-state index is 12.9. The molecule has 1 aliphatic heterocycles. The second-order valence-electron chi connectivity index (χ2n) is 10.4. The molecule has 4 heteroatoms. The van der Waals surface area contributed by atoms with E-state index in [9.17, 15) is 9.59 Å². The quantitative estimate of drug-likeness (QED) is 0.730. The van der Waals surface area contributed by atoms with Crippen molar-refractivity contribution in [1.29, 1.82) is 0 Å². The summed E-state index contributed by atoms with van der Waals surface area (Å²) in [7, 11) is 0. The molecule has 2 amide bonds. The summed E-state index contributed by atoms with van der Waals surface area (Å²) in [6.07, 6.45) is 11.0. The van der Waals surface area contributed by atoms with Crippen LogP contribution in [0.3, 0.4) is 0 Å². The van der Waals surface area contributed by atoms with Crippen LogP contribution in [0.1, 0.15) is 85.0 Å². The first-order chi connectivity index (χ1) is 12.9. The highest BCUT2D eigenvalue weighted by atomic mass is 16.2. The standard InChI is InChI=1S/C23H38N2O2/c1-4-5-14-24-21(27)18-8-7-16-15-6-9-19-23(3,13-11-20(26)25-19)17(15)10-12-22(16,18)2/h15-19H,4-14H2,1-3H3,(H,24,27)(H,25,26)/t15-,16-,17-,18+,19+,22-,23+/m0/s1. The smallest absolute Gasteiger partial charge is 0.223 e. The number of carbonyl (C=O) groups excluding carboxylic acids is 2. The molecule has 27 heavy (non-hydrogen) atoms. The molecule has 4 fully saturated rings. The van der Waals surface area contributed by atoms with Crippen molar-refractivity contribution in [3.8, 4) is 0 Å². The third-order valence-corrected chi connectivity index (χ3v) is 9.24. The van der Waals surface area contributed by atoms with Gasteiger partial charge in [-0.1, -0.05) is 27.2 Å². The van der Waals surface area contributed by atoms with Crippen LogP contribution in [0.4, 0.5) is 0 Å². The molecule has 3 aliphatic carbocycles. The van der Waals surface area contributed by atoms with E-state index in [1.165, 1.54) is 25.7 Å². The van der Waals surface area contributed by atoms with Crippen molar-refractivity contribution < 1.29 is 9.59 Å². The van der Waals surface area contributed by atoms with Gasteiger partial charge in [0.1, 0.15) is 0 Å². The Hall–Kier alpha value is -1.06. The lowest BCUT2D eigenvalue weighted by atomic mass is 9.47. The Labute approximate surface area is 164 Å². The van der Waals surface area contributed by atoms with Gasteiger partial charge in [0.25, 0.3) is 0 Å². The predicted octanol–water partition coefficient (Wildman–Crippen LogP) is 4.04. The summed E-state index contributed by atoms with van der Waals surface area (Å²) < 4.78 is 0. The zero-order valence-electron chi connectivity index (χ0n) is 17.5. The van der Waals surface area contributed by atoms with Gasteiger partial charge in [-0.25, -0.2) is 0 Å². The van der Waals surface area contributed by atoms with E-state index in [1.54, 1.807) is 0 Å². The van der Waals surface area contributed by atoms with Gasteiger partial charge in [-0.05, 0) is 80.0 Å². The Balaban J connectivity index is 1.50. The van der Waals surface area contributed by atoms with Crippen LogP contribution < -0.4 is 10.6 Å². The average molecular weight is 375 g/mol. The molecule has 0 aromatic heterocycles. The number of unbranched alkanes of at least 4 members (excludes halogenated alkanes) is 1. The Morgan fingerprint density at radius 1 is 1.07 bits per heavy atom. The first-order valence-electron chi connectivity index (χ1n) is 11.5. The summed E-state index contributed by atoms with van der Waals surface area (Å²) >= 11 is 0. The Kier molecular flexibility index (Phi) is 5.05. The van der Waals surface area contributed by atoms with Gasteiger partial charge in [0.05, 0.1) is 0 Å². The van der Waals surface area contributed by atoms with Crippen molar-refractivity contribution in [1.82, 2.24) is 10.6 Å². The van der Waals surface area contributed by atoms with Gasteiger partial charge in [-0.3, -0.25) is 9.59 Å². The molecular formula is C23H38N2O2. The van der Waals surface area contributed by atoms with Crippen LogP contribution >= 0.6 is 0 Å². The van der Waals surface area contributed by atoms with Crippen LogP contribution in [0.15, 0.2) is 0 Å². The van der Waals surface area contributed by atoms with E-state index in [1.807, 2.05) is 0 Å². The fraction of sp³-hybridized carbons (Fsp3) is 0.913. The van der Waals surface area contributed by atoms with Crippen molar-refractivity contribution >= 4 is 11.8 Å². The lowest BCUT2D eigenvalue weighted by Gasteiger charge is -2.60. The van der Waals surface area contributed by atoms with E-state index < -0.39 is 0 Å². The first kappa shape index (κ1) is 19.3. The number of carbonyl (C=O) groups is 2. The van der Waals surface area contributed by atoms with E-state index in [0.29, 0.717) is 24.3 Å². The molecule has 152 valence electrons. The van der Waals surface area contributed by atoms with Crippen molar-refractivity contribution in [2.45, 2.75) is 91.0 Å². The van der Waals surface area contributed by atoms with Crippen LogP contribution in [-0.4, -0.2) is 24.4 Å². The maximum absolute atomic E-state index is 12.9. The molecule has 1 saturated heterocycles. The van der Waals surface area contributed by atoms with E-state index in [0.717, 1.165) is 50.5 Å². The third kappa shape index (κ3) is 3.02. The number of amides is 2. The number of hydrogen-bond acceptors (Lipinski definition) is 2. The monoisotopic (exact) mass is 374 g/mol. The van der Waals surface area contributed by atoms with E-state index in [2.05, 4.69) is 31.4 Å². The van der Waals surface area contributed by atoms with Gasteiger partial charge in [-0.2, -0.15) is 0 Å². The van der Waals surface area contributed by atoms with Gasteiger partial charge in [0, 0.05) is 24.9 Å². The molecule has 0 aromatic carbocycles. The minimum absolute atomic E-state index is 0.179. The number of nitrogens with one attached hydrogen (secondary N) is 2. The predicted molar refractivity (Wildman–Crippen MR) is 107 cm³/mol. The molecule has 3 saturated carbocycles. The molecule has 0 bridgehead atoms. The highest BCUT2D eigenvalue weighted by Gasteiger charge is 2.61. The maximum Gasteiger partial charge on any atom is 0.223 e. The summed E-state index contributed by atoms with van der Waals surface area (Å²) in [5.41, 5.74) is 0.443. The van der Waals surface area contributed by atoms with Gasteiger partial charge in [0.15, 0.2) is 0 Å². The van der Waals surface area contributed by atoms with Crippen molar-refractivity contribution in [3.05, 3.63) is 0 Å². The largest absolute Gasteiger partial charge is 0.356 e. The second kappa shape index (κ2) is 7.08. The molecule has 0 spiro atoms. The molecule has 0 radical (unpaired) electrons. The molecule has 0 aromatic rings. The lowest BCUT2D eigenvalue weighted by Crippen LogP contribution is -2.61. The highest BCUT2D eigenvalue weighted by molar-refractivity contribution is 5.80. The minimum Gasteiger partial charge on any atom is -0.356 e. The summed E-state index contributed by atoms with van der Waals surface area (Å²) in [4.78, 5) is 24.8. The zero-order valence-corrected chi connectivity index (χ0v) is 17.5. The number of piperidine rings is 1. The fourth-order valence-corrected chi connectivity index (χ4v) is 7.64. The Morgan fingerprint density at radius 2 is 1.85 bits per heavy atom. The lowest BCUT2D eigenvalue weighted by molar-refractivity contribution is -0.141. The fourth-order valence-electron chi connectivity index (χ4n) is 7.64. The van der Waals surface area contributed by atoms with Gasteiger partial charge < -0.3 is 10.6 Å². The molecular weight excluding hydrogens is 336 g/mol. The molecule has 4 aliphatic rings. The van der Waals surface area contributed by atoms with Crippen LogP contribution in [-0.2, 0) is 9.59 Å². The summed E-state index contributed by atoms with van der Waals surface area (Å²) in [5.74, 6) is 2.92. The molecule has 2 N–H and O–H groups in total. The number of hydrogen-bond donors (Lipinski definition) is 2. The molecule has 0 unspecified atom stereocenters. The Bertz CT molecular complexity index is 605. The third-order valence-electron chi connectivity index (χ3n) is 9.24. The SMILES string of the molecule is CCCCNC(=O)[C@H]1CC[C@H]2[C@@H]3CC[C@H]4NC(=O)CC[C@]4(C)[C@H]3CC[C@]12C. The highest BCUT2D eigenvalue weighted by Crippen LogP contribution is 2.65. The van der Waals surface area contributed by atoms with Crippen LogP contribution in [0.2, 0.25) is 0 Å². The number of rotatable bonds is 4. The van der Waals surface area contributed by atoms with E-state index in [4.69, 9.17) is 0 Å². The van der Waals surface area contributed by atoms with Crippen molar-refractivity contribution in [3.63, 3.8) is 0 Å². The summed E-state index contributed by atoms with van der Waals surface area (Å²) in [5, 5.41) is 6.54. The molecule has 4 nitrogen and oxygen atoms in total. The van der Waals surface area contributed by atoms with Gasteiger partial charge in [-0.15, -0.1) is 0 Å². The van der Waals surface area contributed by atoms with E-state index in [-0.39, 0.29) is 22.7 Å². The van der Waals surface area contributed by atoms with Crippen molar-refractivity contribution in [2.75, 3.05) is 6.54 Å². The minimum atomic E-state index is 0.179. The van der Waals surface area contributed by atoms with Gasteiger partial charge >= 0.3 is 0 Å². The second-order valence-corrected chi connectivity index (χ2v) is 10.4. The normalized spacial score (nSPS) is 46.0. The first-order valence-corrected chi connectivity index (χ1v) is 11.5. The molecule has 1 heterocycles. The van der Waals surface area contributed by atoms with Gasteiger partial charge in [0.2, 0.25) is 11.8 Å². The van der Waals surface area contributed by atoms with Crippen LogP contribution in [0, 0.1) is 34.5 Å². The summed E-state index contributed by atoms with van der Waals surface area (Å²) in [6, 6.07) is 0.374. The average Bonchev–Trinajstić information content (AvgIpc) is 3.00. The topological polar surface area (TPSA) is 58.2 Å². The van der Waals surface area contributed by atoms with Crippen LogP contribution in [0.5, 0.6) is 0 Å². The number of fused-ring (bicyclic) bond motifs is 5. The van der Waals surface area contributed by atoms with Crippen molar-refractivity contribution in [2.24, 2.45) is 34.5 Å². The Morgan fingerprint density at radius 3 is 2.63 bits per heavy atom.